The summed E-state index contributed by atoms with van der Waals surface area (Å²) in [5.74, 6) is 0.926. The summed E-state index contributed by atoms with van der Waals surface area (Å²) in [6.45, 7) is 0. The number of para-hydroxylation sites is 3. The Hall–Kier alpha value is -5.74. The molecular formula is C38H22N4. The van der Waals surface area contributed by atoms with Crippen LogP contribution in [0.3, 0.4) is 0 Å². The van der Waals surface area contributed by atoms with Crippen molar-refractivity contribution in [3.05, 3.63) is 134 Å². The monoisotopic (exact) mass is 534 g/mol. The van der Waals surface area contributed by atoms with E-state index < -0.39 is 0 Å². The fourth-order valence-corrected chi connectivity index (χ4v) is 7.19. The van der Waals surface area contributed by atoms with Crippen LogP contribution in [0.15, 0.2) is 134 Å². The maximum atomic E-state index is 5.34. The third-order valence-electron chi connectivity index (χ3n) is 8.93. The van der Waals surface area contributed by atoms with Crippen LogP contribution in [0, 0.1) is 0 Å². The number of pyridine rings is 2. The summed E-state index contributed by atoms with van der Waals surface area (Å²) in [4.78, 5) is 9.75. The molecule has 1 aliphatic rings. The van der Waals surface area contributed by atoms with Gasteiger partial charge in [-0.15, -0.1) is 0 Å². The third-order valence-corrected chi connectivity index (χ3v) is 8.93. The van der Waals surface area contributed by atoms with Crippen molar-refractivity contribution >= 4 is 54.4 Å². The number of hydrogen-bond donors (Lipinski definition) is 0. The number of fused-ring (bicyclic) bond motifs is 9. The predicted octanol–water partition coefficient (Wildman–Crippen LogP) is 9.47. The summed E-state index contributed by atoms with van der Waals surface area (Å²) in [5.41, 5.74) is 10.4. The van der Waals surface area contributed by atoms with E-state index in [1.54, 1.807) is 0 Å². The van der Waals surface area contributed by atoms with Crippen molar-refractivity contribution in [2.75, 3.05) is 0 Å². The van der Waals surface area contributed by atoms with Gasteiger partial charge >= 0.3 is 0 Å². The molecule has 4 heteroatoms. The summed E-state index contributed by atoms with van der Waals surface area (Å²) in [6.07, 6.45) is 3.82. The molecule has 0 fully saturated rings. The van der Waals surface area contributed by atoms with Gasteiger partial charge in [0.1, 0.15) is 5.82 Å². The van der Waals surface area contributed by atoms with Gasteiger partial charge in [0.05, 0.1) is 27.8 Å². The smallest absolute Gasteiger partial charge is 0.138 e. The van der Waals surface area contributed by atoms with Crippen LogP contribution in [0.4, 0.5) is 0 Å². The quantitative estimate of drug-likeness (QED) is 0.221. The average Bonchev–Trinajstić information content (AvgIpc) is 3.68. The van der Waals surface area contributed by atoms with Crippen LogP contribution in [-0.4, -0.2) is 19.1 Å². The van der Waals surface area contributed by atoms with Crippen molar-refractivity contribution in [2.45, 2.75) is 0 Å². The maximum absolute atomic E-state index is 5.34. The molecule has 4 aromatic heterocycles. The third kappa shape index (κ3) is 2.76. The molecule has 4 heterocycles. The van der Waals surface area contributed by atoms with E-state index in [0.29, 0.717) is 0 Å². The van der Waals surface area contributed by atoms with E-state index in [-0.39, 0.29) is 0 Å². The summed E-state index contributed by atoms with van der Waals surface area (Å²) in [6, 6.07) is 43.7. The van der Waals surface area contributed by atoms with Crippen LogP contribution in [0.2, 0.25) is 0 Å². The second kappa shape index (κ2) is 7.93. The van der Waals surface area contributed by atoms with Crippen LogP contribution in [-0.2, 0) is 0 Å². The molecule has 0 atom stereocenters. The Bertz CT molecular complexity index is 2530. The molecule has 10 rings (SSSR count). The second-order valence-electron chi connectivity index (χ2n) is 11.1. The Morgan fingerprint density at radius 3 is 1.90 bits per heavy atom. The van der Waals surface area contributed by atoms with Gasteiger partial charge in [-0.3, -0.25) is 9.55 Å². The van der Waals surface area contributed by atoms with Crippen molar-refractivity contribution in [2.24, 2.45) is 0 Å². The summed E-state index contributed by atoms with van der Waals surface area (Å²) in [5, 5.41) is 7.36. The number of rotatable bonds is 2. The Morgan fingerprint density at radius 1 is 0.476 bits per heavy atom. The number of benzene rings is 5. The zero-order chi connectivity index (χ0) is 27.4. The first-order valence-electron chi connectivity index (χ1n) is 14.3. The Balaban J connectivity index is 1.27. The molecule has 5 aromatic carbocycles. The molecule has 0 unspecified atom stereocenters. The van der Waals surface area contributed by atoms with Crippen LogP contribution >= 0.6 is 0 Å². The lowest BCUT2D eigenvalue weighted by Crippen LogP contribution is -1.99. The van der Waals surface area contributed by atoms with Crippen LogP contribution in [0.25, 0.3) is 88.3 Å². The van der Waals surface area contributed by atoms with Gasteiger partial charge in [0.15, 0.2) is 0 Å². The van der Waals surface area contributed by atoms with Gasteiger partial charge in [0.2, 0.25) is 0 Å². The fourth-order valence-electron chi connectivity index (χ4n) is 7.19. The van der Waals surface area contributed by atoms with Gasteiger partial charge < -0.3 is 4.57 Å². The second-order valence-corrected chi connectivity index (χ2v) is 11.1. The van der Waals surface area contributed by atoms with Gasteiger partial charge in [-0.1, -0.05) is 72.8 Å². The molecule has 0 spiro atoms. The maximum Gasteiger partial charge on any atom is 0.138 e. The van der Waals surface area contributed by atoms with Gasteiger partial charge in [0, 0.05) is 56.1 Å². The molecule has 0 radical (unpaired) electrons. The first-order valence-corrected chi connectivity index (χ1v) is 14.3. The molecule has 0 saturated heterocycles. The molecule has 9 aromatic rings. The minimum Gasteiger partial charge on any atom is -0.309 e. The van der Waals surface area contributed by atoms with E-state index in [0.717, 1.165) is 39.4 Å². The standard InChI is InChI=1S/C38H22N4/c1-4-13-32-25(9-1)26-10-2-5-14-33(26)41(32)24-16-17-35-30(21-24)27-11-3-6-15-34(27)42(35)36-20-23-8-7-12-28-31-22-39-19-18-29(31)38(40-36)37(23)28/h1-22H. The van der Waals surface area contributed by atoms with Crippen LogP contribution < -0.4 is 0 Å². The summed E-state index contributed by atoms with van der Waals surface area (Å²) in [7, 11) is 0. The molecule has 0 bridgehead atoms. The highest BCUT2D eigenvalue weighted by molar-refractivity contribution is 6.15. The summed E-state index contributed by atoms with van der Waals surface area (Å²) < 4.78 is 4.71. The Kier molecular flexibility index (Phi) is 4.15. The SMILES string of the molecule is c1cc2c3c(nc(-n4c5ccccc5c5cc(-n6c7ccccc7c7ccccc76)ccc54)cc3c1)-c1ccncc1-2. The van der Waals surface area contributed by atoms with Crippen LogP contribution in [0.5, 0.6) is 0 Å². The van der Waals surface area contributed by atoms with Crippen LogP contribution in [0.1, 0.15) is 0 Å². The topological polar surface area (TPSA) is 35.6 Å². The van der Waals surface area contributed by atoms with E-state index in [1.807, 2.05) is 12.4 Å². The van der Waals surface area contributed by atoms with Gasteiger partial charge in [-0.2, -0.15) is 0 Å². The summed E-state index contributed by atoms with van der Waals surface area (Å²) >= 11 is 0. The highest BCUT2D eigenvalue weighted by atomic mass is 15.1. The molecule has 4 nitrogen and oxygen atoms in total. The van der Waals surface area contributed by atoms with E-state index in [4.69, 9.17) is 4.98 Å². The first kappa shape index (κ1) is 22.0. The Morgan fingerprint density at radius 2 is 1.14 bits per heavy atom. The zero-order valence-electron chi connectivity index (χ0n) is 22.5. The van der Waals surface area contributed by atoms with Gasteiger partial charge in [0.25, 0.3) is 0 Å². The molecule has 1 aliphatic carbocycles. The van der Waals surface area contributed by atoms with E-state index in [2.05, 4.69) is 135 Å². The van der Waals surface area contributed by atoms with Crippen molar-refractivity contribution in [1.29, 1.82) is 0 Å². The molecule has 194 valence electrons. The molecule has 0 aliphatic heterocycles. The lowest BCUT2D eigenvalue weighted by molar-refractivity contribution is 1.09. The van der Waals surface area contributed by atoms with Crippen molar-refractivity contribution in [3.63, 3.8) is 0 Å². The molecule has 0 N–H and O–H groups in total. The normalized spacial score (nSPS) is 12.3. The average molecular weight is 535 g/mol. The molecule has 0 saturated carbocycles. The van der Waals surface area contributed by atoms with Gasteiger partial charge in [-0.05, 0) is 59.5 Å². The number of aromatic nitrogens is 4. The highest BCUT2D eigenvalue weighted by Crippen LogP contribution is 2.46. The zero-order valence-corrected chi connectivity index (χ0v) is 22.5. The minimum atomic E-state index is 0.926. The van der Waals surface area contributed by atoms with E-state index in [1.165, 1.54) is 48.9 Å². The molecule has 42 heavy (non-hydrogen) atoms. The largest absolute Gasteiger partial charge is 0.309 e. The highest BCUT2D eigenvalue weighted by Gasteiger charge is 2.25. The van der Waals surface area contributed by atoms with Crippen molar-refractivity contribution in [3.8, 4) is 33.9 Å². The fraction of sp³-hybridized carbons (Fsp3) is 0. The molecular weight excluding hydrogens is 512 g/mol. The first-order chi connectivity index (χ1) is 20.8. The minimum absolute atomic E-state index is 0.926. The lowest BCUT2D eigenvalue weighted by atomic mass is 10.1. The predicted molar refractivity (Wildman–Crippen MR) is 173 cm³/mol. The number of nitrogens with zero attached hydrogens (tertiary/aromatic N) is 4. The van der Waals surface area contributed by atoms with E-state index in [9.17, 15) is 0 Å². The van der Waals surface area contributed by atoms with Gasteiger partial charge in [-0.25, -0.2) is 4.98 Å². The van der Waals surface area contributed by atoms with E-state index >= 15 is 0 Å². The number of hydrogen-bond acceptors (Lipinski definition) is 2. The van der Waals surface area contributed by atoms with Crippen molar-refractivity contribution in [1.82, 2.24) is 19.1 Å². The molecule has 0 amide bonds. The van der Waals surface area contributed by atoms with Crippen molar-refractivity contribution < 1.29 is 0 Å². The lowest BCUT2D eigenvalue weighted by Gasteiger charge is -2.11. The Labute approximate surface area is 240 Å².